The highest BCUT2D eigenvalue weighted by molar-refractivity contribution is 5.75. The number of ether oxygens (including phenoxy) is 1. The smallest absolute Gasteiger partial charge is 0.224 e. The van der Waals surface area contributed by atoms with Gasteiger partial charge in [0.05, 0.1) is 19.1 Å². The van der Waals surface area contributed by atoms with E-state index in [-0.39, 0.29) is 5.91 Å². The van der Waals surface area contributed by atoms with Gasteiger partial charge < -0.3 is 15.0 Å². The number of carbonyl (C=O) groups is 1. The van der Waals surface area contributed by atoms with Gasteiger partial charge in [-0.3, -0.25) is 4.79 Å². The zero-order valence-corrected chi connectivity index (χ0v) is 9.08. The number of nitrogens with zero attached hydrogens (tertiary/aromatic N) is 1. The molecule has 0 atom stereocenters. The second-order valence-electron chi connectivity index (χ2n) is 3.72. The van der Waals surface area contributed by atoms with E-state index in [0.29, 0.717) is 19.1 Å². The van der Waals surface area contributed by atoms with Gasteiger partial charge in [0, 0.05) is 26.7 Å². The van der Waals surface area contributed by atoms with Gasteiger partial charge in [0.25, 0.3) is 0 Å². The normalized spacial score (nSPS) is 16.4. The molecule has 0 aromatic carbocycles. The first-order valence-electron chi connectivity index (χ1n) is 5.30. The van der Waals surface area contributed by atoms with Crippen molar-refractivity contribution >= 4 is 5.91 Å². The fourth-order valence-electron chi connectivity index (χ4n) is 1.34. The van der Waals surface area contributed by atoms with Crippen molar-refractivity contribution in [1.82, 2.24) is 10.2 Å². The lowest BCUT2D eigenvalue weighted by Gasteiger charge is -2.27. The van der Waals surface area contributed by atoms with Gasteiger partial charge >= 0.3 is 0 Å². The Labute approximate surface area is 85.6 Å². The van der Waals surface area contributed by atoms with Crippen LogP contribution in [0.4, 0.5) is 0 Å². The summed E-state index contributed by atoms with van der Waals surface area (Å²) in [5.41, 5.74) is 0. The number of carbonyl (C=O) groups excluding carboxylic acids is 1. The summed E-state index contributed by atoms with van der Waals surface area (Å²) in [5.74, 6) is 0.180. The topological polar surface area (TPSA) is 41.6 Å². The summed E-state index contributed by atoms with van der Waals surface area (Å²) in [6.07, 6.45) is 1.85. The van der Waals surface area contributed by atoms with Gasteiger partial charge in [-0.05, 0) is 6.42 Å². The molecule has 0 unspecified atom stereocenters. The summed E-state index contributed by atoms with van der Waals surface area (Å²) in [6, 6.07) is 0. The highest BCUT2D eigenvalue weighted by atomic mass is 16.5. The Morgan fingerprint density at radius 2 is 2.29 bits per heavy atom. The average molecular weight is 200 g/mol. The molecular weight excluding hydrogens is 180 g/mol. The average Bonchev–Trinajstić information content (AvgIpc) is 2.09. The van der Waals surface area contributed by atoms with E-state index in [9.17, 15) is 4.79 Å². The van der Waals surface area contributed by atoms with Crippen molar-refractivity contribution in [3.05, 3.63) is 0 Å². The Morgan fingerprint density at radius 3 is 2.79 bits per heavy atom. The quantitative estimate of drug-likeness (QED) is 0.667. The van der Waals surface area contributed by atoms with Crippen LogP contribution in [0.3, 0.4) is 0 Å². The highest BCUT2D eigenvalue weighted by Crippen LogP contribution is 2.00. The van der Waals surface area contributed by atoms with Crippen molar-refractivity contribution in [2.24, 2.45) is 0 Å². The maximum atomic E-state index is 11.5. The maximum Gasteiger partial charge on any atom is 0.224 e. The van der Waals surface area contributed by atoms with Crippen LogP contribution in [-0.4, -0.2) is 50.2 Å². The molecule has 1 amide bonds. The summed E-state index contributed by atoms with van der Waals surface area (Å²) in [4.78, 5) is 13.2. The third kappa shape index (κ3) is 3.64. The van der Waals surface area contributed by atoms with Crippen molar-refractivity contribution in [2.45, 2.75) is 25.9 Å². The number of hydrogen-bond donors (Lipinski definition) is 1. The molecule has 1 fully saturated rings. The van der Waals surface area contributed by atoms with Crippen molar-refractivity contribution < 1.29 is 9.53 Å². The molecule has 1 aliphatic heterocycles. The molecule has 0 spiro atoms. The fourth-order valence-corrected chi connectivity index (χ4v) is 1.34. The molecule has 1 saturated heterocycles. The minimum absolute atomic E-state index is 0.180. The lowest BCUT2D eigenvalue weighted by molar-refractivity contribution is -0.131. The summed E-state index contributed by atoms with van der Waals surface area (Å²) < 4.78 is 5.47. The lowest BCUT2D eigenvalue weighted by Crippen LogP contribution is -2.48. The van der Waals surface area contributed by atoms with E-state index >= 15 is 0 Å². The second kappa shape index (κ2) is 5.98. The first kappa shape index (κ1) is 11.5. The number of nitrogens with one attached hydrogen (secondary N) is 1. The SMILES string of the molecule is CCCN(C)C(=O)CCOC1CNC1. The van der Waals surface area contributed by atoms with Crippen LogP contribution in [0, 0.1) is 0 Å². The number of amides is 1. The van der Waals surface area contributed by atoms with Crippen LogP contribution in [0.15, 0.2) is 0 Å². The van der Waals surface area contributed by atoms with E-state index in [2.05, 4.69) is 12.2 Å². The van der Waals surface area contributed by atoms with Crippen LogP contribution in [0.5, 0.6) is 0 Å². The first-order chi connectivity index (χ1) is 6.74. The molecule has 1 N–H and O–H groups in total. The summed E-state index contributed by atoms with van der Waals surface area (Å²) in [7, 11) is 1.84. The van der Waals surface area contributed by atoms with Crippen molar-refractivity contribution in [2.75, 3.05) is 33.3 Å². The van der Waals surface area contributed by atoms with Crippen LogP contribution in [0.1, 0.15) is 19.8 Å². The van der Waals surface area contributed by atoms with Gasteiger partial charge in [0.15, 0.2) is 0 Å². The molecule has 1 aliphatic rings. The van der Waals surface area contributed by atoms with E-state index < -0.39 is 0 Å². The Hall–Kier alpha value is -0.610. The molecule has 14 heavy (non-hydrogen) atoms. The van der Waals surface area contributed by atoms with E-state index in [0.717, 1.165) is 26.1 Å². The molecule has 0 aromatic heterocycles. The van der Waals surface area contributed by atoms with Crippen LogP contribution in [0.25, 0.3) is 0 Å². The largest absolute Gasteiger partial charge is 0.375 e. The van der Waals surface area contributed by atoms with Gasteiger partial charge in [-0.15, -0.1) is 0 Å². The third-order valence-electron chi connectivity index (χ3n) is 2.40. The Morgan fingerprint density at radius 1 is 1.57 bits per heavy atom. The van der Waals surface area contributed by atoms with E-state index in [1.165, 1.54) is 0 Å². The molecule has 4 nitrogen and oxygen atoms in total. The Balaban J connectivity index is 2.01. The maximum absolute atomic E-state index is 11.5. The summed E-state index contributed by atoms with van der Waals surface area (Å²) in [5, 5.41) is 3.12. The molecule has 1 heterocycles. The minimum Gasteiger partial charge on any atom is -0.375 e. The monoisotopic (exact) mass is 200 g/mol. The Bertz CT molecular complexity index is 181. The molecule has 0 bridgehead atoms. The van der Waals surface area contributed by atoms with Crippen LogP contribution >= 0.6 is 0 Å². The molecular formula is C10H20N2O2. The van der Waals surface area contributed by atoms with Gasteiger partial charge in [-0.25, -0.2) is 0 Å². The van der Waals surface area contributed by atoms with Gasteiger partial charge in [0.2, 0.25) is 5.91 Å². The molecule has 0 aliphatic carbocycles. The lowest BCUT2D eigenvalue weighted by atomic mass is 10.2. The van der Waals surface area contributed by atoms with E-state index in [4.69, 9.17) is 4.74 Å². The predicted molar refractivity (Wildman–Crippen MR) is 55.2 cm³/mol. The number of rotatable bonds is 6. The predicted octanol–water partition coefficient (Wildman–Crippen LogP) is 0.233. The van der Waals surface area contributed by atoms with Crippen molar-refractivity contribution in [1.29, 1.82) is 0 Å². The number of hydrogen-bond acceptors (Lipinski definition) is 3. The summed E-state index contributed by atoms with van der Waals surface area (Å²) >= 11 is 0. The third-order valence-corrected chi connectivity index (χ3v) is 2.40. The van der Waals surface area contributed by atoms with E-state index in [1.807, 2.05) is 7.05 Å². The molecule has 1 rings (SSSR count). The van der Waals surface area contributed by atoms with Gasteiger partial charge in [-0.1, -0.05) is 6.92 Å². The highest BCUT2D eigenvalue weighted by Gasteiger charge is 2.17. The molecule has 4 heteroatoms. The van der Waals surface area contributed by atoms with E-state index in [1.54, 1.807) is 4.90 Å². The zero-order chi connectivity index (χ0) is 10.4. The van der Waals surface area contributed by atoms with Crippen LogP contribution < -0.4 is 5.32 Å². The first-order valence-corrected chi connectivity index (χ1v) is 5.30. The second-order valence-corrected chi connectivity index (χ2v) is 3.72. The summed E-state index contributed by atoms with van der Waals surface area (Å²) in [6.45, 7) is 5.32. The van der Waals surface area contributed by atoms with Crippen LogP contribution in [-0.2, 0) is 9.53 Å². The zero-order valence-electron chi connectivity index (χ0n) is 9.08. The Kier molecular flexibility index (Phi) is 4.90. The molecule has 0 aromatic rings. The molecule has 82 valence electrons. The van der Waals surface area contributed by atoms with Crippen molar-refractivity contribution in [3.63, 3.8) is 0 Å². The fraction of sp³-hybridized carbons (Fsp3) is 0.900. The molecule has 0 radical (unpaired) electrons. The van der Waals surface area contributed by atoms with Crippen molar-refractivity contribution in [3.8, 4) is 0 Å². The van der Waals surface area contributed by atoms with Gasteiger partial charge in [0.1, 0.15) is 0 Å². The molecule has 0 saturated carbocycles. The van der Waals surface area contributed by atoms with Crippen LogP contribution in [0.2, 0.25) is 0 Å². The van der Waals surface area contributed by atoms with Gasteiger partial charge in [-0.2, -0.15) is 0 Å². The standard InChI is InChI=1S/C10H20N2O2/c1-3-5-12(2)10(13)4-6-14-9-7-11-8-9/h9,11H,3-8H2,1-2H3. The minimum atomic E-state index is 0.180.